The molecule has 0 bridgehead atoms. The van der Waals surface area contributed by atoms with Gasteiger partial charge in [-0.25, -0.2) is 9.97 Å². The molecule has 2 aromatic heterocycles. The zero-order chi connectivity index (χ0) is 22.5. The van der Waals surface area contributed by atoms with Crippen LogP contribution in [0.5, 0.6) is 0 Å². The van der Waals surface area contributed by atoms with Gasteiger partial charge in [0.1, 0.15) is 0 Å². The molecule has 3 aromatic rings. The first kappa shape index (κ1) is 21.7. The standard InChI is InChI=1S/C24H26N6O2/c1-16(12-25)11-22(31)18-3-5-19(6-4-18)23-17(2)13-26-24(29-23)28-20-14-27-30(15-20)21-7-9-32-10-8-21/h3-6,13-16,21H,7-11H2,1-2H3,(H,26,28,29)/t16-/m0/s1. The van der Waals surface area contributed by atoms with Crippen molar-refractivity contribution in [2.24, 2.45) is 5.92 Å². The van der Waals surface area contributed by atoms with Gasteiger partial charge in [0.15, 0.2) is 5.78 Å². The normalized spacial score (nSPS) is 15.2. The second-order valence-corrected chi connectivity index (χ2v) is 8.14. The number of carbonyl (C=O) groups excluding carboxylic acids is 1. The lowest BCUT2D eigenvalue weighted by atomic mass is 9.99. The SMILES string of the molecule is Cc1cnc(Nc2cnn(C3CCOCC3)c2)nc1-c1ccc(C(=O)C[C@H](C)C#N)cc1. The van der Waals surface area contributed by atoms with Crippen molar-refractivity contribution in [2.45, 2.75) is 39.2 Å². The van der Waals surface area contributed by atoms with Crippen molar-refractivity contribution in [1.29, 1.82) is 5.26 Å². The molecular formula is C24H26N6O2. The van der Waals surface area contributed by atoms with E-state index in [-0.39, 0.29) is 18.1 Å². The van der Waals surface area contributed by atoms with Gasteiger partial charge in [0, 0.05) is 43.2 Å². The molecule has 1 atom stereocenters. The zero-order valence-corrected chi connectivity index (χ0v) is 18.3. The van der Waals surface area contributed by atoms with Crippen LogP contribution in [-0.2, 0) is 4.74 Å². The predicted molar refractivity (Wildman–Crippen MR) is 121 cm³/mol. The van der Waals surface area contributed by atoms with Crippen LogP contribution < -0.4 is 5.32 Å². The molecule has 1 aliphatic heterocycles. The highest BCUT2D eigenvalue weighted by atomic mass is 16.5. The fourth-order valence-electron chi connectivity index (χ4n) is 3.73. The molecule has 1 aromatic carbocycles. The molecule has 8 nitrogen and oxygen atoms in total. The Balaban J connectivity index is 1.49. The number of Topliss-reactive ketones (excluding diaryl/α,β-unsaturated/α-hetero) is 1. The quantitative estimate of drug-likeness (QED) is 0.551. The molecule has 32 heavy (non-hydrogen) atoms. The van der Waals surface area contributed by atoms with Crippen molar-refractivity contribution < 1.29 is 9.53 Å². The first-order valence-corrected chi connectivity index (χ1v) is 10.8. The van der Waals surface area contributed by atoms with Crippen LogP contribution in [0.3, 0.4) is 0 Å². The molecule has 1 saturated heterocycles. The summed E-state index contributed by atoms with van der Waals surface area (Å²) in [7, 11) is 0. The molecule has 0 amide bonds. The van der Waals surface area contributed by atoms with Gasteiger partial charge in [0.05, 0.1) is 35.6 Å². The van der Waals surface area contributed by atoms with Gasteiger partial charge in [-0.05, 0) is 32.3 Å². The first-order chi connectivity index (χ1) is 15.5. The third kappa shape index (κ3) is 5.01. The van der Waals surface area contributed by atoms with Crippen molar-refractivity contribution in [2.75, 3.05) is 18.5 Å². The van der Waals surface area contributed by atoms with E-state index < -0.39 is 0 Å². The number of benzene rings is 1. The maximum atomic E-state index is 12.3. The topological polar surface area (TPSA) is 106 Å². The Hall–Kier alpha value is -3.57. The van der Waals surface area contributed by atoms with E-state index >= 15 is 0 Å². The third-order valence-corrected chi connectivity index (χ3v) is 5.59. The van der Waals surface area contributed by atoms with Crippen molar-refractivity contribution in [1.82, 2.24) is 19.7 Å². The van der Waals surface area contributed by atoms with Gasteiger partial charge in [-0.2, -0.15) is 10.4 Å². The number of ketones is 1. The summed E-state index contributed by atoms with van der Waals surface area (Å²) in [4.78, 5) is 21.4. The van der Waals surface area contributed by atoms with Crippen LogP contribution in [0.15, 0.2) is 42.9 Å². The van der Waals surface area contributed by atoms with Gasteiger partial charge in [-0.1, -0.05) is 24.3 Å². The molecular weight excluding hydrogens is 404 g/mol. The number of nitrogens with zero attached hydrogens (tertiary/aromatic N) is 5. The molecule has 0 radical (unpaired) electrons. The Morgan fingerprint density at radius 1 is 1.28 bits per heavy atom. The van der Waals surface area contributed by atoms with Crippen LogP contribution in [0.4, 0.5) is 11.6 Å². The third-order valence-electron chi connectivity index (χ3n) is 5.59. The summed E-state index contributed by atoms with van der Waals surface area (Å²) in [5, 5.41) is 16.6. The van der Waals surface area contributed by atoms with Crippen molar-refractivity contribution in [3.05, 3.63) is 54.0 Å². The lowest BCUT2D eigenvalue weighted by Gasteiger charge is -2.22. The number of aromatic nitrogens is 4. The first-order valence-electron chi connectivity index (χ1n) is 10.8. The van der Waals surface area contributed by atoms with Gasteiger partial charge in [0.2, 0.25) is 5.95 Å². The number of hydrogen-bond acceptors (Lipinski definition) is 7. The minimum absolute atomic E-state index is 0.0334. The maximum Gasteiger partial charge on any atom is 0.227 e. The molecule has 1 aliphatic rings. The predicted octanol–water partition coefficient (Wildman–Crippen LogP) is 4.48. The molecule has 4 rings (SSSR count). The van der Waals surface area contributed by atoms with E-state index in [0.29, 0.717) is 17.6 Å². The average Bonchev–Trinajstić information content (AvgIpc) is 3.29. The van der Waals surface area contributed by atoms with Gasteiger partial charge < -0.3 is 10.1 Å². The minimum Gasteiger partial charge on any atom is -0.381 e. The Bertz CT molecular complexity index is 1130. The fraction of sp³-hybridized carbons (Fsp3) is 0.375. The average molecular weight is 431 g/mol. The number of anilines is 2. The highest BCUT2D eigenvalue weighted by molar-refractivity contribution is 5.96. The summed E-state index contributed by atoms with van der Waals surface area (Å²) in [6, 6.07) is 9.79. The lowest BCUT2D eigenvalue weighted by molar-refractivity contribution is 0.0662. The highest BCUT2D eigenvalue weighted by Crippen LogP contribution is 2.25. The molecule has 3 heterocycles. The van der Waals surface area contributed by atoms with Crippen LogP contribution in [0, 0.1) is 24.2 Å². The van der Waals surface area contributed by atoms with E-state index in [2.05, 4.69) is 26.5 Å². The largest absolute Gasteiger partial charge is 0.381 e. The molecule has 1 N–H and O–H groups in total. The van der Waals surface area contributed by atoms with Crippen LogP contribution in [0.2, 0.25) is 0 Å². The van der Waals surface area contributed by atoms with E-state index in [0.717, 1.165) is 48.6 Å². The monoisotopic (exact) mass is 430 g/mol. The van der Waals surface area contributed by atoms with E-state index in [9.17, 15) is 4.79 Å². The molecule has 1 fully saturated rings. The molecule has 0 saturated carbocycles. The number of ether oxygens (including phenoxy) is 1. The van der Waals surface area contributed by atoms with Gasteiger partial charge >= 0.3 is 0 Å². The minimum atomic E-state index is -0.296. The number of carbonyl (C=O) groups is 1. The van der Waals surface area contributed by atoms with Crippen LogP contribution >= 0.6 is 0 Å². The van der Waals surface area contributed by atoms with Crippen molar-refractivity contribution in [3.63, 3.8) is 0 Å². The summed E-state index contributed by atoms with van der Waals surface area (Å²) in [6.45, 7) is 5.23. The molecule has 0 spiro atoms. The smallest absolute Gasteiger partial charge is 0.227 e. The van der Waals surface area contributed by atoms with Gasteiger partial charge in [-0.3, -0.25) is 9.48 Å². The Labute approximate surface area is 187 Å². The molecule has 0 aliphatic carbocycles. The van der Waals surface area contributed by atoms with Crippen LogP contribution in [-0.4, -0.2) is 38.7 Å². The summed E-state index contributed by atoms with van der Waals surface area (Å²) >= 11 is 0. The summed E-state index contributed by atoms with van der Waals surface area (Å²) < 4.78 is 7.40. The summed E-state index contributed by atoms with van der Waals surface area (Å²) in [5.41, 5.74) is 4.06. The lowest BCUT2D eigenvalue weighted by Crippen LogP contribution is -2.19. The second-order valence-electron chi connectivity index (χ2n) is 8.14. The van der Waals surface area contributed by atoms with Gasteiger partial charge in [-0.15, -0.1) is 0 Å². The number of rotatable bonds is 7. The number of aryl methyl sites for hydroxylation is 1. The van der Waals surface area contributed by atoms with Gasteiger partial charge in [0.25, 0.3) is 0 Å². The second kappa shape index (κ2) is 9.71. The molecule has 8 heteroatoms. The Morgan fingerprint density at radius 3 is 2.75 bits per heavy atom. The molecule has 0 unspecified atom stereocenters. The van der Waals surface area contributed by atoms with E-state index in [1.165, 1.54) is 0 Å². The summed E-state index contributed by atoms with van der Waals surface area (Å²) in [5.74, 6) is 0.157. The molecule has 164 valence electrons. The number of hydrogen-bond donors (Lipinski definition) is 1. The van der Waals surface area contributed by atoms with Crippen LogP contribution in [0.1, 0.15) is 48.1 Å². The Kier molecular flexibility index (Phi) is 6.57. The zero-order valence-electron chi connectivity index (χ0n) is 18.3. The number of nitriles is 1. The van der Waals surface area contributed by atoms with Crippen molar-refractivity contribution in [3.8, 4) is 17.3 Å². The van der Waals surface area contributed by atoms with Crippen LogP contribution in [0.25, 0.3) is 11.3 Å². The maximum absolute atomic E-state index is 12.3. The van der Waals surface area contributed by atoms with E-state index in [1.54, 1.807) is 31.5 Å². The Morgan fingerprint density at radius 2 is 2.03 bits per heavy atom. The fourth-order valence-corrected chi connectivity index (χ4v) is 3.73. The highest BCUT2D eigenvalue weighted by Gasteiger charge is 2.17. The summed E-state index contributed by atoms with van der Waals surface area (Å²) in [6.07, 6.45) is 7.67. The van der Waals surface area contributed by atoms with Crippen molar-refractivity contribution >= 4 is 17.4 Å². The number of nitrogens with one attached hydrogen (secondary N) is 1. The van der Waals surface area contributed by atoms with E-state index in [4.69, 9.17) is 10.00 Å². The van der Waals surface area contributed by atoms with E-state index in [1.807, 2.05) is 29.9 Å².